The lowest BCUT2D eigenvalue weighted by molar-refractivity contribution is -0.122. The van der Waals surface area contributed by atoms with E-state index in [-0.39, 0.29) is 11.2 Å². The molecule has 0 radical (unpaired) electrons. The fourth-order valence-corrected chi connectivity index (χ4v) is 1.71. The van der Waals surface area contributed by atoms with Crippen LogP contribution in [0.2, 0.25) is 0 Å². The molecule has 0 saturated heterocycles. The van der Waals surface area contributed by atoms with Crippen LogP contribution in [0, 0.1) is 5.41 Å². The standard InChI is InChI=1S/C7H10OS/c1-7(2)4-5(9-3)6(7)8/h4H,1-3H3. The van der Waals surface area contributed by atoms with Gasteiger partial charge in [0.15, 0.2) is 5.78 Å². The molecule has 0 spiro atoms. The average Bonchev–Trinajstić information content (AvgIpc) is 1.82. The first-order chi connectivity index (χ1) is 4.08. The van der Waals surface area contributed by atoms with E-state index in [0.29, 0.717) is 0 Å². The zero-order valence-electron chi connectivity index (χ0n) is 5.89. The number of rotatable bonds is 1. The molecule has 1 aliphatic rings. The number of ketones is 1. The summed E-state index contributed by atoms with van der Waals surface area (Å²) >= 11 is 1.53. The van der Waals surface area contributed by atoms with Crippen LogP contribution < -0.4 is 0 Å². The molecule has 0 saturated carbocycles. The van der Waals surface area contributed by atoms with Gasteiger partial charge in [-0.25, -0.2) is 0 Å². The van der Waals surface area contributed by atoms with Crippen molar-refractivity contribution in [2.45, 2.75) is 13.8 Å². The third-order valence-corrected chi connectivity index (χ3v) is 2.26. The number of allylic oxidation sites excluding steroid dienone is 2. The highest BCUT2D eigenvalue weighted by Crippen LogP contribution is 2.38. The normalized spacial score (nSPS) is 23.0. The minimum atomic E-state index is -0.168. The van der Waals surface area contributed by atoms with Crippen LogP contribution in [-0.2, 0) is 4.79 Å². The highest BCUT2D eigenvalue weighted by molar-refractivity contribution is 8.03. The maximum atomic E-state index is 11.0. The van der Waals surface area contributed by atoms with Crippen molar-refractivity contribution >= 4 is 17.5 Å². The van der Waals surface area contributed by atoms with Crippen molar-refractivity contribution in [2.75, 3.05) is 6.26 Å². The molecule has 0 unspecified atom stereocenters. The Labute approximate surface area is 59.5 Å². The van der Waals surface area contributed by atoms with E-state index in [1.54, 1.807) is 0 Å². The van der Waals surface area contributed by atoms with Gasteiger partial charge in [-0.3, -0.25) is 4.79 Å². The van der Waals surface area contributed by atoms with Crippen molar-refractivity contribution in [1.29, 1.82) is 0 Å². The predicted octanol–water partition coefficient (Wildman–Crippen LogP) is 1.84. The van der Waals surface area contributed by atoms with E-state index < -0.39 is 0 Å². The molecule has 50 valence electrons. The molecule has 0 N–H and O–H groups in total. The van der Waals surface area contributed by atoms with Crippen molar-refractivity contribution in [2.24, 2.45) is 5.41 Å². The lowest BCUT2D eigenvalue weighted by Gasteiger charge is -2.29. The highest BCUT2D eigenvalue weighted by atomic mass is 32.2. The largest absolute Gasteiger partial charge is 0.293 e. The fourth-order valence-electron chi connectivity index (χ4n) is 0.850. The number of thioether (sulfide) groups is 1. The van der Waals surface area contributed by atoms with Crippen LogP contribution in [0.1, 0.15) is 13.8 Å². The Kier molecular flexibility index (Phi) is 1.43. The summed E-state index contributed by atoms with van der Waals surface area (Å²) in [6.07, 6.45) is 3.94. The molecule has 1 aliphatic carbocycles. The quantitative estimate of drug-likeness (QED) is 0.555. The molecule has 0 bridgehead atoms. The number of carbonyl (C=O) groups is 1. The van der Waals surface area contributed by atoms with Crippen molar-refractivity contribution in [3.8, 4) is 0 Å². The van der Waals surface area contributed by atoms with Crippen LogP contribution in [0.4, 0.5) is 0 Å². The number of Topliss-reactive ketones (excluding diaryl/α,β-unsaturated/α-hetero) is 1. The van der Waals surface area contributed by atoms with E-state index in [1.165, 1.54) is 11.8 Å². The minimum Gasteiger partial charge on any atom is -0.293 e. The van der Waals surface area contributed by atoms with Crippen molar-refractivity contribution in [3.63, 3.8) is 0 Å². The number of carbonyl (C=O) groups excluding carboxylic acids is 1. The van der Waals surface area contributed by atoms with Gasteiger partial charge in [0.1, 0.15) is 0 Å². The Morgan fingerprint density at radius 3 is 2.22 bits per heavy atom. The van der Waals surface area contributed by atoms with Crippen LogP contribution in [0.5, 0.6) is 0 Å². The lowest BCUT2D eigenvalue weighted by atomic mass is 9.79. The van der Waals surface area contributed by atoms with E-state index in [0.717, 1.165) is 4.91 Å². The lowest BCUT2D eigenvalue weighted by Crippen LogP contribution is -2.31. The van der Waals surface area contributed by atoms with Gasteiger partial charge in [-0.05, 0) is 20.1 Å². The topological polar surface area (TPSA) is 17.1 Å². The maximum absolute atomic E-state index is 11.0. The van der Waals surface area contributed by atoms with Crippen LogP contribution in [0.15, 0.2) is 11.0 Å². The smallest absolute Gasteiger partial charge is 0.178 e. The highest BCUT2D eigenvalue weighted by Gasteiger charge is 2.36. The molecule has 0 fully saturated rings. The fraction of sp³-hybridized carbons (Fsp3) is 0.571. The van der Waals surface area contributed by atoms with Crippen molar-refractivity contribution < 1.29 is 4.79 Å². The van der Waals surface area contributed by atoms with E-state index in [4.69, 9.17) is 0 Å². The molecule has 0 amide bonds. The van der Waals surface area contributed by atoms with Gasteiger partial charge < -0.3 is 0 Å². The van der Waals surface area contributed by atoms with Gasteiger partial charge >= 0.3 is 0 Å². The van der Waals surface area contributed by atoms with Crippen LogP contribution in [0.25, 0.3) is 0 Å². The second kappa shape index (κ2) is 1.87. The van der Waals surface area contributed by atoms with Crippen LogP contribution in [0.3, 0.4) is 0 Å². The number of hydrogen-bond acceptors (Lipinski definition) is 2. The summed E-state index contributed by atoms with van der Waals surface area (Å²) in [5.74, 6) is 0.287. The van der Waals surface area contributed by atoms with Crippen molar-refractivity contribution in [1.82, 2.24) is 0 Å². The van der Waals surface area contributed by atoms with Crippen LogP contribution >= 0.6 is 11.8 Å². The molecule has 0 aromatic rings. The Balaban J connectivity index is 2.79. The molecule has 0 atom stereocenters. The Bertz CT molecular complexity index is 179. The second-order valence-electron chi connectivity index (χ2n) is 2.76. The first-order valence-corrected chi connectivity index (χ1v) is 4.12. The first-order valence-electron chi connectivity index (χ1n) is 2.89. The van der Waals surface area contributed by atoms with Gasteiger partial charge in [-0.1, -0.05) is 6.08 Å². The summed E-state index contributed by atoms with van der Waals surface area (Å²) < 4.78 is 0. The molecular formula is C7H10OS. The zero-order chi connectivity index (χ0) is 7.07. The summed E-state index contributed by atoms with van der Waals surface area (Å²) in [5.41, 5.74) is -0.168. The van der Waals surface area contributed by atoms with Gasteiger partial charge in [0.2, 0.25) is 0 Å². The summed E-state index contributed by atoms with van der Waals surface area (Å²) in [6, 6.07) is 0. The molecule has 0 aromatic carbocycles. The molecule has 1 nitrogen and oxygen atoms in total. The molecule has 2 heteroatoms. The number of hydrogen-bond donors (Lipinski definition) is 0. The molecular weight excluding hydrogens is 132 g/mol. The molecule has 0 heterocycles. The SMILES string of the molecule is CSC1=CC(C)(C)C1=O. The van der Waals surface area contributed by atoms with Crippen LogP contribution in [-0.4, -0.2) is 12.0 Å². The van der Waals surface area contributed by atoms with E-state index >= 15 is 0 Å². The molecule has 1 rings (SSSR count). The van der Waals surface area contributed by atoms with Gasteiger partial charge in [0.05, 0.1) is 0 Å². The van der Waals surface area contributed by atoms with Crippen molar-refractivity contribution in [3.05, 3.63) is 11.0 Å². The third kappa shape index (κ3) is 0.917. The summed E-state index contributed by atoms with van der Waals surface area (Å²) in [4.78, 5) is 11.9. The monoisotopic (exact) mass is 142 g/mol. The van der Waals surface area contributed by atoms with Gasteiger partial charge in [-0.15, -0.1) is 11.8 Å². The summed E-state index contributed by atoms with van der Waals surface area (Å²) in [6.45, 7) is 3.88. The summed E-state index contributed by atoms with van der Waals surface area (Å²) in [7, 11) is 0. The maximum Gasteiger partial charge on any atom is 0.178 e. The molecule has 0 aromatic heterocycles. The molecule has 0 aliphatic heterocycles. The van der Waals surface area contributed by atoms with E-state index in [2.05, 4.69) is 0 Å². The predicted molar refractivity (Wildman–Crippen MR) is 40.4 cm³/mol. The van der Waals surface area contributed by atoms with Gasteiger partial charge in [0, 0.05) is 10.3 Å². The Morgan fingerprint density at radius 1 is 1.56 bits per heavy atom. The molecule has 9 heavy (non-hydrogen) atoms. The van der Waals surface area contributed by atoms with E-state index in [9.17, 15) is 4.79 Å². The Hall–Kier alpha value is -0.240. The third-order valence-electron chi connectivity index (χ3n) is 1.52. The van der Waals surface area contributed by atoms with E-state index in [1.807, 2.05) is 26.2 Å². The summed E-state index contributed by atoms with van der Waals surface area (Å²) in [5, 5.41) is 0. The minimum absolute atomic E-state index is 0.168. The average molecular weight is 142 g/mol. The first kappa shape index (κ1) is 6.87. The zero-order valence-corrected chi connectivity index (χ0v) is 6.71. The van der Waals surface area contributed by atoms with Gasteiger partial charge in [0.25, 0.3) is 0 Å². The van der Waals surface area contributed by atoms with Gasteiger partial charge in [-0.2, -0.15) is 0 Å². The Morgan fingerprint density at radius 2 is 2.11 bits per heavy atom. The second-order valence-corrected chi connectivity index (χ2v) is 3.61.